The first kappa shape index (κ1) is 10.9. The van der Waals surface area contributed by atoms with Gasteiger partial charge in [-0.05, 0) is 31.9 Å². The summed E-state index contributed by atoms with van der Waals surface area (Å²) < 4.78 is 5.21. The second-order valence-corrected chi connectivity index (χ2v) is 4.13. The maximum atomic E-state index is 8.96. The molecule has 0 aliphatic heterocycles. The van der Waals surface area contributed by atoms with Crippen LogP contribution in [-0.2, 0) is 4.74 Å². The Balaban J connectivity index is 2.04. The van der Waals surface area contributed by atoms with Gasteiger partial charge in [0.05, 0.1) is 11.7 Å². The highest BCUT2D eigenvalue weighted by Gasteiger charge is 2.29. The second-order valence-electron chi connectivity index (χ2n) is 4.13. The number of nitrogens with one attached hydrogen (secondary N) is 1. The molecule has 1 aliphatic carbocycles. The Morgan fingerprint density at radius 3 is 2.88 bits per heavy atom. The van der Waals surface area contributed by atoms with Crippen LogP contribution < -0.4 is 5.32 Å². The predicted molar refractivity (Wildman–Crippen MR) is 61.1 cm³/mol. The Bertz CT molecular complexity index is 419. The third kappa shape index (κ3) is 2.15. The fourth-order valence-electron chi connectivity index (χ4n) is 1.83. The molecule has 1 fully saturated rings. The molecule has 4 heteroatoms. The molecule has 2 rings (SSSR count). The largest absolute Gasteiger partial charge is 0.381 e. The quantitative estimate of drug-likeness (QED) is 0.839. The van der Waals surface area contributed by atoms with E-state index in [0.29, 0.717) is 23.5 Å². The zero-order valence-corrected chi connectivity index (χ0v) is 9.53. The molecule has 1 aromatic heterocycles. The molecule has 0 radical (unpaired) electrons. The van der Waals surface area contributed by atoms with E-state index < -0.39 is 0 Å². The fourth-order valence-corrected chi connectivity index (χ4v) is 1.83. The Morgan fingerprint density at radius 1 is 1.50 bits per heavy atom. The summed E-state index contributed by atoms with van der Waals surface area (Å²) in [4.78, 5) is 4.34. The predicted octanol–water partition coefficient (Wildman–Crippen LogP) is 1.85. The highest BCUT2D eigenvalue weighted by Crippen LogP contribution is 2.26. The van der Waals surface area contributed by atoms with Gasteiger partial charge in [0.15, 0.2) is 0 Å². The molecular weight excluding hydrogens is 202 g/mol. The lowest BCUT2D eigenvalue weighted by atomic mass is 9.89. The van der Waals surface area contributed by atoms with Crippen LogP contribution in [0.3, 0.4) is 0 Å². The van der Waals surface area contributed by atoms with Gasteiger partial charge in [0.2, 0.25) is 0 Å². The minimum absolute atomic E-state index is 0.354. The fraction of sp³-hybridized carbons (Fsp3) is 0.500. The van der Waals surface area contributed by atoms with Gasteiger partial charge in [-0.25, -0.2) is 4.98 Å². The number of nitrogens with zero attached hydrogens (tertiary/aromatic N) is 2. The van der Waals surface area contributed by atoms with Crippen LogP contribution in [0.15, 0.2) is 12.1 Å². The van der Waals surface area contributed by atoms with Gasteiger partial charge in [0.25, 0.3) is 0 Å². The summed E-state index contributed by atoms with van der Waals surface area (Å²) in [6.45, 7) is 1.92. The molecule has 1 aliphatic rings. The third-order valence-corrected chi connectivity index (χ3v) is 2.92. The van der Waals surface area contributed by atoms with Crippen molar-refractivity contribution in [2.45, 2.75) is 31.9 Å². The number of hydrogen-bond donors (Lipinski definition) is 1. The van der Waals surface area contributed by atoms with Crippen LogP contribution in [0.1, 0.15) is 24.1 Å². The van der Waals surface area contributed by atoms with E-state index in [0.717, 1.165) is 18.5 Å². The number of aryl methyl sites for hydroxylation is 1. The summed E-state index contributed by atoms with van der Waals surface area (Å²) >= 11 is 0. The SMILES string of the molecule is COC1CC(Nc2nc(C)ccc2C#N)C1. The van der Waals surface area contributed by atoms with Crippen molar-refractivity contribution < 1.29 is 4.74 Å². The summed E-state index contributed by atoms with van der Waals surface area (Å²) in [5, 5.41) is 12.2. The first-order chi connectivity index (χ1) is 7.72. The molecule has 0 saturated heterocycles. The van der Waals surface area contributed by atoms with E-state index in [1.807, 2.05) is 13.0 Å². The average Bonchev–Trinajstić information content (AvgIpc) is 2.23. The van der Waals surface area contributed by atoms with Gasteiger partial charge in [0.1, 0.15) is 11.9 Å². The molecule has 0 aromatic carbocycles. The lowest BCUT2D eigenvalue weighted by Crippen LogP contribution is -2.40. The molecule has 1 saturated carbocycles. The molecule has 4 nitrogen and oxygen atoms in total. The molecule has 0 atom stereocenters. The Hall–Kier alpha value is -1.60. The van der Waals surface area contributed by atoms with Crippen molar-refractivity contribution >= 4 is 5.82 Å². The smallest absolute Gasteiger partial charge is 0.144 e. The summed E-state index contributed by atoms with van der Waals surface area (Å²) in [6, 6.07) is 6.18. The molecule has 1 heterocycles. The first-order valence-corrected chi connectivity index (χ1v) is 5.40. The van der Waals surface area contributed by atoms with Crippen LogP contribution >= 0.6 is 0 Å². The van der Waals surface area contributed by atoms with Gasteiger partial charge < -0.3 is 10.1 Å². The molecule has 1 N–H and O–H groups in total. The molecule has 0 unspecified atom stereocenters. The highest BCUT2D eigenvalue weighted by molar-refractivity contribution is 5.53. The summed E-state index contributed by atoms with van der Waals surface area (Å²) in [6.07, 6.45) is 2.32. The number of hydrogen-bond acceptors (Lipinski definition) is 4. The lowest BCUT2D eigenvalue weighted by molar-refractivity contribution is 0.0328. The molecule has 1 aromatic rings. The Kier molecular flexibility index (Phi) is 3.07. The van der Waals surface area contributed by atoms with E-state index in [9.17, 15) is 0 Å². The standard InChI is InChI=1S/C12H15N3O/c1-8-3-4-9(7-13)12(14-8)15-10-5-11(6-10)16-2/h3-4,10-11H,5-6H2,1-2H3,(H,14,15). The minimum atomic E-state index is 0.354. The van der Waals surface area contributed by atoms with E-state index in [-0.39, 0.29) is 0 Å². The molecule has 16 heavy (non-hydrogen) atoms. The molecule has 0 spiro atoms. The van der Waals surface area contributed by atoms with Crippen molar-refractivity contribution in [3.05, 3.63) is 23.4 Å². The zero-order chi connectivity index (χ0) is 11.5. The maximum absolute atomic E-state index is 8.96. The van der Waals surface area contributed by atoms with Crippen LogP contribution in [0.2, 0.25) is 0 Å². The van der Waals surface area contributed by atoms with Crippen LogP contribution in [0.25, 0.3) is 0 Å². The van der Waals surface area contributed by atoms with Gasteiger partial charge in [-0.15, -0.1) is 0 Å². The van der Waals surface area contributed by atoms with Crippen molar-refractivity contribution in [2.75, 3.05) is 12.4 Å². The highest BCUT2D eigenvalue weighted by atomic mass is 16.5. The monoisotopic (exact) mass is 217 g/mol. The van der Waals surface area contributed by atoms with Gasteiger partial charge in [-0.2, -0.15) is 5.26 Å². The third-order valence-electron chi connectivity index (χ3n) is 2.92. The van der Waals surface area contributed by atoms with Crippen LogP contribution in [-0.4, -0.2) is 24.2 Å². The lowest BCUT2D eigenvalue weighted by Gasteiger charge is -2.35. The van der Waals surface area contributed by atoms with Crippen molar-refractivity contribution in [3.8, 4) is 6.07 Å². The number of rotatable bonds is 3. The van der Waals surface area contributed by atoms with E-state index in [2.05, 4.69) is 16.4 Å². The minimum Gasteiger partial charge on any atom is -0.381 e. The van der Waals surface area contributed by atoms with Gasteiger partial charge in [-0.1, -0.05) is 0 Å². The van der Waals surface area contributed by atoms with Gasteiger partial charge in [0, 0.05) is 18.8 Å². The van der Waals surface area contributed by atoms with Gasteiger partial charge in [-0.3, -0.25) is 0 Å². The topological polar surface area (TPSA) is 57.9 Å². The number of pyridine rings is 1. The average molecular weight is 217 g/mol. The molecule has 84 valence electrons. The number of methoxy groups -OCH3 is 1. The normalized spacial score (nSPS) is 23.3. The summed E-state index contributed by atoms with van der Waals surface area (Å²) in [5.74, 6) is 0.696. The molecular formula is C12H15N3O. The van der Waals surface area contributed by atoms with E-state index in [1.165, 1.54) is 0 Å². The van der Waals surface area contributed by atoms with Crippen molar-refractivity contribution in [1.29, 1.82) is 5.26 Å². The van der Waals surface area contributed by atoms with E-state index >= 15 is 0 Å². The number of ether oxygens (including phenoxy) is 1. The van der Waals surface area contributed by atoms with Crippen molar-refractivity contribution in [1.82, 2.24) is 4.98 Å². The van der Waals surface area contributed by atoms with E-state index in [1.54, 1.807) is 13.2 Å². The summed E-state index contributed by atoms with van der Waals surface area (Å²) in [5.41, 5.74) is 1.52. The van der Waals surface area contributed by atoms with Crippen molar-refractivity contribution in [3.63, 3.8) is 0 Å². The second kappa shape index (κ2) is 4.50. The number of aromatic nitrogens is 1. The Morgan fingerprint density at radius 2 is 2.25 bits per heavy atom. The number of anilines is 1. The molecule has 0 amide bonds. The maximum Gasteiger partial charge on any atom is 0.144 e. The van der Waals surface area contributed by atoms with Gasteiger partial charge >= 0.3 is 0 Å². The van der Waals surface area contributed by atoms with Crippen LogP contribution in [0.5, 0.6) is 0 Å². The van der Waals surface area contributed by atoms with Crippen LogP contribution in [0.4, 0.5) is 5.82 Å². The zero-order valence-electron chi connectivity index (χ0n) is 9.53. The molecule has 0 bridgehead atoms. The first-order valence-electron chi connectivity index (χ1n) is 5.40. The van der Waals surface area contributed by atoms with E-state index in [4.69, 9.17) is 10.00 Å². The number of nitriles is 1. The van der Waals surface area contributed by atoms with Crippen molar-refractivity contribution in [2.24, 2.45) is 0 Å². The summed E-state index contributed by atoms with van der Waals surface area (Å²) in [7, 11) is 1.73. The van der Waals surface area contributed by atoms with Crippen LogP contribution in [0, 0.1) is 18.3 Å². The Labute approximate surface area is 95.3 Å².